The van der Waals surface area contributed by atoms with Gasteiger partial charge in [-0.1, -0.05) is 75.7 Å². The van der Waals surface area contributed by atoms with Gasteiger partial charge in [0.2, 0.25) is 0 Å². The monoisotopic (exact) mass is 327 g/mol. The van der Waals surface area contributed by atoms with Gasteiger partial charge in [0, 0.05) is 22.6 Å². The molecular weight excluding hydrogens is 302 g/mol. The highest BCUT2D eigenvalue weighted by Crippen LogP contribution is 2.52. The molecule has 2 aromatic carbocycles. The minimum absolute atomic E-state index is 0.0169. The number of fused-ring (bicyclic) bond motifs is 2. The van der Waals surface area contributed by atoms with Crippen LogP contribution in [0.3, 0.4) is 0 Å². The Morgan fingerprint density at radius 3 is 2.24 bits per heavy atom. The number of benzene rings is 2. The van der Waals surface area contributed by atoms with Crippen LogP contribution in [0, 0.1) is 6.92 Å². The molecule has 0 unspecified atom stereocenters. The molecule has 0 saturated carbocycles. The van der Waals surface area contributed by atoms with Gasteiger partial charge in [0.1, 0.15) is 0 Å². The van der Waals surface area contributed by atoms with E-state index in [9.17, 15) is 0 Å². The minimum atomic E-state index is -0.0536. The van der Waals surface area contributed by atoms with Crippen molar-refractivity contribution in [1.29, 1.82) is 0 Å². The van der Waals surface area contributed by atoms with E-state index in [2.05, 4.69) is 88.1 Å². The summed E-state index contributed by atoms with van der Waals surface area (Å²) >= 11 is 0. The van der Waals surface area contributed by atoms with Crippen LogP contribution in [0.25, 0.3) is 11.3 Å². The first-order chi connectivity index (χ1) is 11.8. The van der Waals surface area contributed by atoms with Crippen LogP contribution in [0.5, 0.6) is 0 Å². The van der Waals surface area contributed by atoms with E-state index < -0.39 is 0 Å². The molecule has 0 spiro atoms. The van der Waals surface area contributed by atoms with Gasteiger partial charge in [-0.2, -0.15) is 0 Å². The molecule has 0 bridgehead atoms. The van der Waals surface area contributed by atoms with Crippen LogP contribution in [0.2, 0.25) is 0 Å². The molecule has 1 heterocycles. The number of aryl methyl sites for hydroxylation is 1. The summed E-state index contributed by atoms with van der Waals surface area (Å²) in [7, 11) is 0. The lowest BCUT2D eigenvalue weighted by Gasteiger charge is -2.45. The van der Waals surface area contributed by atoms with Crippen molar-refractivity contribution in [1.82, 2.24) is 4.98 Å². The summed E-state index contributed by atoms with van der Waals surface area (Å²) in [5.41, 5.74) is 9.27. The molecule has 0 saturated heterocycles. The van der Waals surface area contributed by atoms with E-state index >= 15 is 0 Å². The molecule has 0 amide bonds. The topological polar surface area (TPSA) is 12.9 Å². The van der Waals surface area contributed by atoms with E-state index in [0.717, 1.165) is 5.69 Å². The maximum atomic E-state index is 4.64. The van der Waals surface area contributed by atoms with Gasteiger partial charge in [-0.25, -0.2) is 0 Å². The molecule has 1 heteroatoms. The predicted octanol–water partition coefficient (Wildman–Crippen LogP) is 6.02. The standard InChI is InChI=1S/C24H25N/c1-16-12-13-18-20(15-16)23(2,3)19-10-8-9-17(22(19)24(18,4)5)21-11-6-7-14-25-21/h6-15H,1-5H3. The van der Waals surface area contributed by atoms with Crippen LogP contribution < -0.4 is 0 Å². The zero-order valence-corrected chi connectivity index (χ0v) is 15.7. The van der Waals surface area contributed by atoms with Gasteiger partial charge < -0.3 is 0 Å². The van der Waals surface area contributed by atoms with Crippen LogP contribution in [0.15, 0.2) is 60.8 Å². The van der Waals surface area contributed by atoms with Gasteiger partial charge in [0.15, 0.2) is 0 Å². The van der Waals surface area contributed by atoms with E-state index in [1.807, 2.05) is 12.3 Å². The van der Waals surface area contributed by atoms with E-state index in [0.29, 0.717) is 0 Å². The maximum Gasteiger partial charge on any atom is 0.0705 e. The third-order valence-electron chi connectivity index (χ3n) is 5.83. The van der Waals surface area contributed by atoms with Crippen molar-refractivity contribution in [2.75, 3.05) is 0 Å². The molecule has 1 aliphatic rings. The zero-order chi connectivity index (χ0) is 17.8. The highest BCUT2D eigenvalue weighted by molar-refractivity contribution is 5.73. The fourth-order valence-electron chi connectivity index (χ4n) is 4.48. The fraction of sp³-hybridized carbons (Fsp3) is 0.292. The molecule has 0 N–H and O–H groups in total. The Bertz CT molecular complexity index is 949. The summed E-state index contributed by atoms with van der Waals surface area (Å²) in [6, 6.07) is 19.8. The van der Waals surface area contributed by atoms with E-state index in [4.69, 9.17) is 0 Å². The third kappa shape index (κ3) is 2.26. The first kappa shape index (κ1) is 16.1. The SMILES string of the molecule is Cc1ccc2c(c1)C(C)(C)c1cccc(-c3ccccn3)c1C2(C)C. The van der Waals surface area contributed by atoms with Gasteiger partial charge in [0.25, 0.3) is 0 Å². The molecule has 0 atom stereocenters. The molecule has 4 rings (SSSR count). The van der Waals surface area contributed by atoms with Gasteiger partial charge in [0.05, 0.1) is 5.69 Å². The number of hydrogen-bond donors (Lipinski definition) is 0. The average Bonchev–Trinajstić information content (AvgIpc) is 2.60. The van der Waals surface area contributed by atoms with Gasteiger partial charge in [-0.05, 0) is 41.3 Å². The Kier molecular flexibility index (Phi) is 3.40. The minimum Gasteiger partial charge on any atom is -0.256 e. The molecular formula is C24H25N. The molecule has 126 valence electrons. The molecule has 0 radical (unpaired) electrons. The van der Waals surface area contributed by atoms with Gasteiger partial charge in [-0.15, -0.1) is 0 Å². The lowest BCUT2D eigenvalue weighted by atomic mass is 9.58. The summed E-state index contributed by atoms with van der Waals surface area (Å²) < 4.78 is 0. The maximum absolute atomic E-state index is 4.64. The Hall–Kier alpha value is -2.41. The van der Waals surface area contributed by atoms with Crippen LogP contribution in [0.4, 0.5) is 0 Å². The lowest BCUT2D eigenvalue weighted by molar-refractivity contribution is 0.521. The number of pyridine rings is 1. The van der Waals surface area contributed by atoms with Gasteiger partial charge >= 0.3 is 0 Å². The summed E-state index contributed by atoms with van der Waals surface area (Å²) in [6.07, 6.45) is 1.88. The normalized spacial score (nSPS) is 16.8. The molecule has 1 aliphatic carbocycles. The second-order valence-corrected chi connectivity index (χ2v) is 8.24. The van der Waals surface area contributed by atoms with Crippen molar-refractivity contribution in [3.63, 3.8) is 0 Å². The second-order valence-electron chi connectivity index (χ2n) is 8.24. The smallest absolute Gasteiger partial charge is 0.0705 e. The zero-order valence-electron chi connectivity index (χ0n) is 15.7. The largest absolute Gasteiger partial charge is 0.256 e. The molecule has 1 nitrogen and oxygen atoms in total. The van der Waals surface area contributed by atoms with Crippen molar-refractivity contribution in [3.8, 4) is 11.3 Å². The number of hydrogen-bond acceptors (Lipinski definition) is 1. The molecule has 0 fully saturated rings. The van der Waals surface area contributed by atoms with Crippen molar-refractivity contribution in [3.05, 3.63) is 88.6 Å². The van der Waals surface area contributed by atoms with E-state index in [-0.39, 0.29) is 10.8 Å². The summed E-state index contributed by atoms with van der Waals surface area (Å²) in [4.78, 5) is 4.64. The Balaban J connectivity index is 2.09. The molecule has 0 aliphatic heterocycles. The number of nitrogens with zero attached hydrogens (tertiary/aromatic N) is 1. The van der Waals surface area contributed by atoms with Crippen LogP contribution in [-0.4, -0.2) is 4.98 Å². The lowest BCUT2D eigenvalue weighted by Crippen LogP contribution is -2.37. The van der Waals surface area contributed by atoms with Crippen molar-refractivity contribution < 1.29 is 0 Å². The molecule has 1 aromatic heterocycles. The number of aromatic nitrogens is 1. The van der Waals surface area contributed by atoms with Crippen molar-refractivity contribution in [2.45, 2.75) is 45.4 Å². The quantitative estimate of drug-likeness (QED) is 0.532. The van der Waals surface area contributed by atoms with Crippen molar-refractivity contribution in [2.24, 2.45) is 0 Å². The highest BCUT2D eigenvalue weighted by Gasteiger charge is 2.42. The third-order valence-corrected chi connectivity index (χ3v) is 5.83. The van der Waals surface area contributed by atoms with Crippen molar-refractivity contribution >= 4 is 0 Å². The Morgan fingerprint density at radius 2 is 1.52 bits per heavy atom. The summed E-state index contributed by atoms with van der Waals surface area (Å²) in [5, 5.41) is 0. The molecule has 3 aromatic rings. The van der Waals surface area contributed by atoms with Crippen LogP contribution in [-0.2, 0) is 10.8 Å². The van der Waals surface area contributed by atoms with Crippen LogP contribution >= 0.6 is 0 Å². The fourth-order valence-corrected chi connectivity index (χ4v) is 4.48. The first-order valence-electron chi connectivity index (χ1n) is 9.00. The molecule has 25 heavy (non-hydrogen) atoms. The second kappa shape index (κ2) is 5.29. The van der Waals surface area contributed by atoms with Gasteiger partial charge in [-0.3, -0.25) is 4.98 Å². The summed E-state index contributed by atoms with van der Waals surface area (Å²) in [6.45, 7) is 11.6. The predicted molar refractivity (Wildman–Crippen MR) is 105 cm³/mol. The first-order valence-corrected chi connectivity index (χ1v) is 9.00. The van der Waals surface area contributed by atoms with E-state index in [1.54, 1.807) is 0 Å². The van der Waals surface area contributed by atoms with Crippen LogP contribution in [0.1, 0.15) is 55.5 Å². The van der Waals surface area contributed by atoms with E-state index in [1.165, 1.54) is 33.4 Å². The average molecular weight is 327 g/mol. The Labute approximate surface area is 150 Å². The number of rotatable bonds is 1. The Morgan fingerprint density at radius 1 is 0.720 bits per heavy atom. The highest BCUT2D eigenvalue weighted by atomic mass is 14.7. The summed E-state index contributed by atoms with van der Waals surface area (Å²) in [5.74, 6) is 0.